The van der Waals surface area contributed by atoms with Gasteiger partial charge in [0.05, 0.1) is 12.0 Å². The van der Waals surface area contributed by atoms with Crippen molar-refractivity contribution in [1.82, 2.24) is 4.90 Å². The topological polar surface area (TPSA) is 63.7 Å². The van der Waals surface area contributed by atoms with Crippen LogP contribution >= 0.6 is 0 Å². The largest absolute Gasteiger partial charge is 0.494 e. The molecule has 0 spiro atoms. The predicted molar refractivity (Wildman–Crippen MR) is 92.9 cm³/mol. The smallest absolute Gasteiger partial charge is 0.254 e. The number of amides is 1. The van der Waals surface area contributed by atoms with Gasteiger partial charge in [0.15, 0.2) is 21.4 Å². The molecule has 0 N–H and O–H groups in total. The van der Waals surface area contributed by atoms with E-state index in [4.69, 9.17) is 4.74 Å². The third-order valence-electron chi connectivity index (χ3n) is 3.77. The van der Waals surface area contributed by atoms with Crippen molar-refractivity contribution >= 4 is 15.7 Å². The molecular formula is C18H20FNO4S. The summed E-state index contributed by atoms with van der Waals surface area (Å²) in [4.78, 5) is 14.3. The van der Waals surface area contributed by atoms with Crippen LogP contribution in [-0.4, -0.2) is 39.1 Å². The van der Waals surface area contributed by atoms with Crippen LogP contribution in [0.5, 0.6) is 5.75 Å². The van der Waals surface area contributed by atoms with Crippen molar-refractivity contribution in [2.75, 3.05) is 19.9 Å². The van der Waals surface area contributed by atoms with Crippen LogP contribution in [0.15, 0.2) is 47.4 Å². The summed E-state index contributed by atoms with van der Waals surface area (Å²) in [5, 5.41) is 0. The molecule has 134 valence electrons. The number of methoxy groups -OCH3 is 1. The molecule has 0 unspecified atom stereocenters. The molecule has 2 aromatic rings. The van der Waals surface area contributed by atoms with E-state index in [2.05, 4.69) is 0 Å². The van der Waals surface area contributed by atoms with E-state index in [1.807, 2.05) is 0 Å². The number of halogens is 1. The lowest BCUT2D eigenvalue weighted by Crippen LogP contribution is -2.30. The second-order valence-electron chi connectivity index (χ2n) is 5.59. The molecule has 25 heavy (non-hydrogen) atoms. The van der Waals surface area contributed by atoms with Gasteiger partial charge in [0.1, 0.15) is 0 Å². The van der Waals surface area contributed by atoms with Crippen molar-refractivity contribution in [3.63, 3.8) is 0 Å². The highest BCUT2D eigenvalue weighted by Crippen LogP contribution is 2.20. The summed E-state index contributed by atoms with van der Waals surface area (Å²) in [6.07, 6.45) is 1.09. The maximum Gasteiger partial charge on any atom is 0.254 e. The molecule has 0 radical (unpaired) electrons. The molecule has 2 rings (SSSR count). The minimum Gasteiger partial charge on any atom is -0.494 e. The first-order valence-electron chi connectivity index (χ1n) is 7.68. The van der Waals surface area contributed by atoms with Gasteiger partial charge in [-0.15, -0.1) is 0 Å². The predicted octanol–water partition coefficient (Wildman–Crippen LogP) is 2.90. The first-order chi connectivity index (χ1) is 11.8. The molecule has 2 aromatic carbocycles. The van der Waals surface area contributed by atoms with Crippen molar-refractivity contribution in [2.24, 2.45) is 0 Å². The Morgan fingerprint density at radius 2 is 1.92 bits per heavy atom. The highest BCUT2D eigenvalue weighted by molar-refractivity contribution is 7.90. The molecule has 0 saturated heterocycles. The molecule has 0 fully saturated rings. The van der Waals surface area contributed by atoms with Crippen molar-refractivity contribution in [3.05, 3.63) is 59.4 Å². The molecule has 0 atom stereocenters. The van der Waals surface area contributed by atoms with Crippen molar-refractivity contribution < 1.29 is 22.3 Å². The van der Waals surface area contributed by atoms with E-state index in [0.717, 1.165) is 6.26 Å². The van der Waals surface area contributed by atoms with Gasteiger partial charge in [-0.25, -0.2) is 12.8 Å². The van der Waals surface area contributed by atoms with Gasteiger partial charge in [0.25, 0.3) is 5.91 Å². The average molecular weight is 365 g/mol. The van der Waals surface area contributed by atoms with Gasteiger partial charge < -0.3 is 9.64 Å². The van der Waals surface area contributed by atoms with E-state index in [0.29, 0.717) is 12.1 Å². The maximum atomic E-state index is 13.8. The number of ether oxygens (including phenoxy) is 1. The summed E-state index contributed by atoms with van der Waals surface area (Å²) < 4.78 is 42.0. The third-order valence-corrected chi connectivity index (χ3v) is 4.88. The van der Waals surface area contributed by atoms with Crippen LogP contribution in [0.2, 0.25) is 0 Å². The van der Waals surface area contributed by atoms with Crippen LogP contribution in [-0.2, 0) is 16.4 Å². The summed E-state index contributed by atoms with van der Waals surface area (Å²) >= 11 is 0. The lowest BCUT2D eigenvalue weighted by molar-refractivity contribution is 0.0752. The van der Waals surface area contributed by atoms with Gasteiger partial charge in [-0.3, -0.25) is 4.79 Å². The zero-order valence-corrected chi connectivity index (χ0v) is 15.1. The van der Waals surface area contributed by atoms with E-state index in [1.165, 1.54) is 42.3 Å². The van der Waals surface area contributed by atoms with Crippen LogP contribution < -0.4 is 4.74 Å². The summed E-state index contributed by atoms with van der Waals surface area (Å²) in [6.45, 7) is 2.41. The lowest BCUT2D eigenvalue weighted by atomic mass is 10.1. The number of carbonyl (C=O) groups excluding carboxylic acids is 1. The molecule has 5 nitrogen and oxygen atoms in total. The average Bonchev–Trinajstić information content (AvgIpc) is 2.58. The maximum absolute atomic E-state index is 13.8. The monoisotopic (exact) mass is 365 g/mol. The normalized spacial score (nSPS) is 11.2. The van der Waals surface area contributed by atoms with Crippen molar-refractivity contribution in [3.8, 4) is 5.75 Å². The number of carbonyl (C=O) groups is 1. The molecule has 0 aromatic heterocycles. The Morgan fingerprint density at radius 3 is 2.48 bits per heavy atom. The standard InChI is InChI=1S/C18H20FNO4S/c1-4-20(12-13-8-9-17(24-2)16(19)10-13)18(21)14-6-5-7-15(11-14)25(3,22)23/h5-11H,4,12H2,1-3H3. The minimum absolute atomic E-state index is 0.0879. The summed E-state index contributed by atoms with van der Waals surface area (Å²) in [7, 11) is -2.01. The van der Waals surface area contributed by atoms with Crippen molar-refractivity contribution in [2.45, 2.75) is 18.4 Å². The number of sulfone groups is 1. The number of nitrogens with zero attached hydrogens (tertiary/aromatic N) is 1. The Balaban J connectivity index is 2.26. The van der Waals surface area contributed by atoms with E-state index in [9.17, 15) is 17.6 Å². The van der Waals surface area contributed by atoms with Crippen LogP contribution in [0, 0.1) is 5.82 Å². The Labute approximate surface area is 147 Å². The molecule has 0 aliphatic rings. The molecule has 0 aliphatic carbocycles. The van der Waals surface area contributed by atoms with Gasteiger partial charge in [-0.05, 0) is 42.8 Å². The highest BCUT2D eigenvalue weighted by atomic mass is 32.2. The number of hydrogen-bond donors (Lipinski definition) is 0. The number of rotatable bonds is 6. The Bertz CT molecular complexity index is 880. The second-order valence-corrected chi connectivity index (χ2v) is 7.60. The quantitative estimate of drug-likeness (QED) is 0.790. The summed E-state index contributed by atoms with van der Waals surface area (Å²) in [5.41, 5.74) is 0.895. The molecule has 0 heterocycles. The Kier molecular flexibility index (Phi) is 5.79. The van der Waals surface area contributed by atoms with E-state index in [1.54, 1.807) is 19.1 Å². The first kappa shape index (κ1) is 18.9. The third kappa shape index (κ3) is 4.57. The van der Waals surface area contributed by atoms with Gasteiger partial charge in [0, 0.05) is 24.9 Å². The fourth-order valence-electron chi connectivity index (χ4n) is 2.40. The Morgan fingerprint density at radius 1 is 1.20 bits per heavy atom. The highest BCUT2D eigenvalue weighted by Gasteiger charge is 2.17. The van der Waals surface area contributed by atoms with Crippen LogP contribution in [0.4, 0.5) is 4.39 Å². The molecule has 0 saturated carbocycles. The van der Waals surface area contributed by atoms with Gasteiger partial charge in [-0.2, -0.15) is 0 Å². The summed E-state index contributed by atoms with van der Waals surface area (Å²) in [5.74, 6) is -0.675. The zero-order chi connectivity index (χ0) is 18.6. The van der Waals surface area contributed by atoms with E-state index < -0.39 is 15.7 Å². The van der Waals surface area contributed by atoms with Crippen LogP contribution in [0.3, 0.4) is 0 Å². The lowest BCUT2D eigenvalue weighted by Gasteiger charge is -2.21. The Hall–Kier alpha value is -2.41. The van der Waals surface area contributed by atoms with E-state index >= 15 is 0 Å². The van der Waals surface area contributed by atoms with Crippen LogP contribution in [0.25, 0.3) is 0 Å². The summed E-state index contributed by atoms with van der Waals surface area (Å²) in [6, 6.07) is 10.4. The zero-order valence-electron chi connectivity index (χ0n) is 14.3. The second kappa shape index (κ2) is 7.65. The molecular weight excluding hydrogens is 345 g/mol. The van der Waals surface area contributed by atoms with Gasteiger partial charge >= 0.3 is 0 Å². The molecule has 1 amide bonds. The number of benzene rings is 2. The molecule has 0 aliphatic heterocycles. The first-order valence-corrected chi connectivity index (χ1v) is 9.57. The molecule has 0 bridgehead atoms. The molecule has 7 heteroatoms. The number of hydrogen-bond acceptors (Lipinski definition) is 4. The van der Waals surface area contributed by atoms with E-state index in [-0.39, 0.29) is 28.7 Å². The SMILES string of the molecule is CCN(Cc1ccc(OC)c(F)c1)C(=O)c1cccc(S(C)(=O)=O)c1. The fraction of sp³-hybridized carbons (Fsp3) is 0.278. The minimum atomic E-state index is -3.40. The van der Waals surface area contributed by atoms with Crippen molar-refractivity contribution in [1.29, 1.82) is 0 Å². The fourth-order valence-corrected chi connectivity index (χ4v) is 3.06. The van der Waals surface area contributed by atoms with Crippen LogP contribution in [0.1, 0.15) is 22.8 Å². The van der Waals surface area contributed by atoms with Gasteiger partial charge in [0.2, 0.25) is 0 Å². The van der Waals surface area contributed by atoms with Gasteiger partial charge in [-0.1, -0.05) is 12.1 Å².